The van der Waals surface area contributed by atoms with Gasteiger partial charge in [0.05, 0.1) is 0 Å². The minimum atomic E-state index is 0.120. The van der Waals surface area contributed by atoms with Crippen LogP contribution in [0.1, 0.15) is 39.4 Å². The second-order valence-corrected chi connectivity index (χ2v) is 4.67. The van der Waals surface area contributed by atoms with Crippen LogP contribution in [0.3, 0.4) is 0 Å². The van der Waals surface area contributed by atoms with Gasteiger partial charge in [-0.15, -0.1) is 0 Å². The Hall–Kier alpha value is -1.32. The molecule has 1 rings (SSSR count). The number of nitrogens with zero attached hydrogens (tertiary/aromatic N) is 3. The summed E-state index contributed by atoms with van der Waals surface area (Å²) in [6.45, 7) is 8.55. The van der Waals surface area contributed by atoms with Crippen LogP contribution >= 0.6 is 0 Å². The van der Waals surface area contributed by atoms with Gasteiger partial charge in [0.25, 0.3) is 0 Å². The van der Waals surface area contributed by atoms with Crippen LogP contribution in [0.25, 0.3) is 0 Å². The van der Waals surface area contributed by atoms with Crippen molar-refractivity contribution >= 4 is 5.91 Å². The van der Waals surface area contributed by atoms with Crippen molar-refractivity contribution in [3.63, 3.8) is 0 Å². The highest BCUT2D eigenvalue weighted by atomic mass is 16.2. The number of hydrogen-bond donors (Lipinski definition) is 0. The van der Waals surface area contributed by atoms with E-state index in [0.717, 1.165) is 5.82 Å². The van der Waals surface area contributed by atoms with Gasteiger partial charge in [0, 0.05) is 31.4 Å². The average Bonchev–Trinajstić information content (AvgIpc) is 2.64. The molecule has 0 bridgehead atoms. The number of aromatic nitrogens is 2. The third-order valence-corrected chi connectivity index (χ3v) is 2.74. The summed E-state index contributed by atoms with van der Waals surface area (Å²) in [5.41, 5.74) is 0. The van der Waals surface area contributed by atoms with E-state index in [1.807, 2.05) is 31.7 Å². The van der Waals surface area contributed by atoms with Crippen LogP contribution in [0, 0.1) is 0 Å². The van der Waals surface area contributed by atoms with E-state index in [9.17, 15) is 4.79 Å². The van der Waals surface area contributed by atoms with Gasteiger partial charge < -0.3 is 9.47 Å². The highest BCUT2D eigenvalue weighted by molar-refractivity contribution is 5.76. The van der Waals surface area contributed by atoms with Crippen molar-refractivity contribution in [3.05, 3.63) is 18.2 Å². The summed E-state index contributed by atoms with van der Waals surface area (Å²) in [7, 11) is 1.83. The number of imidazole rings is 1. The zero-order valence-corrected chi connectivity index (χ0v) is 10.8. The number of likely N-dealkylation sites (N-methyl/N-ethyl adjacent to an activating group) is 1. The molecule has 0 radical (unpaired) electrons. The smallest absolute Gasteiger partial charge is 0.242 e. The first-order valence-electron chi connectivity index (χ1n) is 5.70. The Bertz CT molecular complexity index is 355. The lowest BCUT2D eigenvalue weighted by Crippen LogP contribution is -2.35. The third-order valence-electron chi connectivity index (χ3n) is 2.74. The molecule has 0 unspecified atom stereocenters. The van der Waals surface area contributed by atoms with E-state index in [-0.39, 0.29) is 11.9 Å². The number of carbonyl (C=O) groups is 1. The molecular weight excluding hydrogens is 202 g/mol. The van der Waals surface area contributed by atoms with Gasteiger partial charge in [0.1, 0.15) is 12.4 Å². The molecule has 0 aliphatic rings. The van der Waals surface area contributed by atoms with Gasteiger partial charge in [0.15, 0.2) is 0 Å². The predicted octanol–water partition coefficient (Wildman–Crippen LogP) is 1.87. The molecule has 0 spiro atoms. The first-order valence-corrected chi connectivity index (χ1v) is 5.70. The predicted molar refractivity (Wildman–Crippen MR) is 64.2 cm³/mol. The molecular formula is C12H21N3O. The maximum atomic E-state index is 11.9. The fraction of sp³-hybridized carbons (Fsp3) is 0.667. The summed E-state index contributed by atoms with van der Waals surface area (Å²) in [6.07, 6.45) is 3.61. The normalized spacial score (nSPS) is 11.2. The van der Waals surface area contributed by atoms with Crippen molar-refractivity contribution in [2.45, 2.75) is 46.2 Å². The van der Waals surface area contributed by atoms with Crippen LogP contribution in [0.15, 0.2) is 12.4 Å². The summed E-state index contributed by atoms with van der Waals surface area (Å²) in [5, 5.41) is 0. The van der Waals surface area contributed by atoms with E-state index in [1.165, 1.54) is 0 Å². The molecule has 0 N–H and O–H groups in total. The Balaban J connectivity index is 2.73. The van der Waals surface area contributed by atoms with Crippen molar-refractivity contribution in [1.29, 1.82) is 0 Å². The standard InChI is InChI=1S/C12H21N3O/c1-9(2)12-13-6-7-15(12)8-11(16)14(5)10(3)4/h6-7,9-10H,8H2,1-5H3. The van der Waals surface area contributed by atoms with Crippen molar-refractivity contribution in [2.24, 2.45) is 0 Å². The summed E-state index contributed by atoms with van der Waals surface area (Å²) < 4.78 is 1.92. The van der Waals surface area contributed by atoms with Crippen LogP contribution in [0.4, 0.5) is 0 Å². The van der Waals surface area contributed by atoms with E-state index >= 15 is 0 Å². The molecule has 1 aromatic rings. The first-order chi connectivity index (χ1) is 7.43. The Morgan fingerprint density at radius 1 is 1.44 bits per heavy atom. The fourth-order valence-electron chi connectivity index (χ4n) is 1.50. The topological polar surface area (TPSA) is 38.1 Å². The zero-order valence-electron chi connectivity index (χ0n) is 10.8. The maximum Gasteiger partial charge on any atom is 0.242 e. The molecule has 0 saturated heterocycles. The van der Waals surface area contributed by atoms with Crippen LogP contribution in [0.2, 0.25) is 0 Å². The Labute approximate surface area is 97.3 Å². The molecule has 0 aromatic carbocycles. The fourth-order valence-corrected chi connectivity index (χ4v) is 1.50. The molecule has 0 fully saturated rings. The van der Waals surface area contributed by atoms with Crippen molar-refractivity contribution < 1.29 is 4.79 Å². The van der Waals surface area contributed by atoms with Crippen molar-refractivity contribution in [1.82, 2.24) is 14.5 Å². The Kier molecular flexibility index (Phi) is 4.10. The van der Waals surface area contributed by atoms with Crippen LogP contribution < -0.4 is 0 Å². The first kappa shape index (κ1) is 12.7. The number of carbonyl (C=O) groups excluding carboxylic acids is 1. The lowest BCUT2D eigenvalue weighted by Gasteiger charge is -2.22. The average molecular weight is 223 g/mol. The minimum Gasteiger partial charge on any atom is -0.342 e. The van der Waals surface area contributed by atoms with Crippen LogP contribution in [0.5, 0.6) is 0 Å². The second kappa shape index (κ2) is 5.14. The molecule has 1 amide bonds. The second-order valence-electron chi connectivity index (χ2n) is 4.67. The van der Waals surface area contributed by atoms with Gasteiger partial charge in [-0.3, -0.25) is 4.79 Å². The van der Waals surface area contributed by atoms with Gasteiger partial charge in [-0.25, -0.2) is 4.98 Å². The van der Waals surface area contributed by atoms with Crippen LogP contribution in [-0.4, -0.2) is 33.4 Å². The van der Waals surface area contributed by atoms with E-state index in [0.29, 0.717) is 12.5 Å². The Morgan fingerprint density at radius 3 is 2.56 bits per heavy atom. The lowest BCUT2D eigenvalue weighted by molar-refractivity contribution is -0.132. The van der Waals surface area contributed by atoms with E-state index in [2.05, 4.69) is 18.8 Å². The summed E-state index contributed by atoms with van der Waals surface area (Å²) in [4.78, 5) is 17.9. The summed E-state index contributed by atoms with van der Waals surface area (Å²) in [5.74, 6) is 1.42. The highest BCUT2D eigenvalue weighted by Gasteiger charge is 2.15. The van der Waals surface area contributed by atoms with Gasteiger partial charge in [0.2, 0.25) is 5.91 Å². The van der Waals surface area contributed by atoms with Gasteiger partial charge >= 0.3 is 0 Å². The molecule has 0 aliphatic carbocycles. The van der Waals surface area contributed by atoms with Gasteiger partial charge in [-0.05, 0) is 13.8 Å². The number of rotatable bonds is 4. The van der Waals surface area contributed by atoms with E-state index < -0.39 is 0 Å². The molecule has 4 nitrogen and oxygen atoms in total. The summed E-state index contributed by atoms with van der Waals surface area (Å²) >= 11 is 0. The monoisotopic (exact) mass is 223 g/mol. The largest absolute Gasteiger partial charge is 0.342 e. The Morgan fingerprint density at radius 2 is 2.06 bits per heavy atom. The molecule has 0 saturated carbocycles. The van der Waals surface area contributed by atoms with E-state index in [4.69, 9.17) is 0 Å². The third kappa shape index (κ3) is 2.84. The van der Waals surface area contributed by atoms with Crippen molar-refractivity contribution in [2.75, 3.05) is 7.05 Å². The number of amides is 1. The SMILES string of the molecule is CC(C)c1nccn1CC(=O)N(C)C(C)C. The molecule has 0 atom stereocenters. The molecule has 90 valence electrons. The zero-order chi connectivity index (χ0) is 12.3. The molecule has 16 heavy (non-hydrogen) atoms. The maximum absolute atomic E-state index is 11.9. The van der Waals surface area contributed by atoms with Gasteiger partial charge in [-0.2, -0.15) is 0 Å². The molecule has 1 heterocycles. The lowest BCUT2D eigenvalue weighted by atomic mass is 10.2. The molecule has 4 heteroatoms. The molecule has 0 aliphatic heterocycles. The quantitative estimate of drug-likeness (QED) is 0.781. The van der Waals surface area contributed by atoms with Crippen LogP contribution in [-0.2, 0) is 11.3 Å². The number of hydrogen-bond acceptors (Lipinski definition) is 2. The van der Waals surface area contributed by atoms with Crippen molar-refractivity contribution in [3.8, 4) is 0 Å². The van der Waals surface area contributed by atoms with Gasteiger partial charge in [-0.1, -0.05) is 13.8 Å². The molecule has 1 aromatic heterocycles. The minimum absolute atomic E-state index is 0.120. The van der Waals surface area contributed by atoms with E-state index in [1.54, 1.807) is 11.1 Å². The highest BCUT2D eigenvalue weighted by Crippen LogP contribution is 2.12. The summed E-state index contributed by atoms with van der Waals surface area (Å²) in [6, 6.07) is 0.235.